The molecule has 0 amide bonds. The number of morpholine rings is 1. The van der Waals surface area contributed by atoms with Crippen molar-refractivity contribution in [2.45, 2.75) is 32.3 Å². The van der Waals surface area contributed by atoms with Crippen LogP contribution >= 0.6 is 0 Å². The lowest BCUT2D eigenvalue weighted by atomic mass is 10.3. The summed E-state index contributed by atoms with van der Waals surface area (Å²) >= 11 is 0. The second-order valence-electron chi connectivity index (χ2n) is 5.38. The van der Waals surface area contributed by atoms with Crippen LogP contribution in [0.5, 0.6) is 0 Å². The fourth-order valence-electron chi connectivity index (χ4n) is 2.13. The van der Waals surface area contributed by atoms with E-state index in [4.69, 9.17) is 4.74 Å². The van der Waals surface area contributed by atoms with Gasteiger partial charge in [-0.25, -0.2) is 13.1 Å². The van der Waals surface area contributed by atoms with Crippen molar-refractivity contribution in [1.82, 2.24) is 14.9 Å². The van der Waals surface area contributed by atoms with Crippen LogP contribution in [0.1, 0.15) is 26.2 Å². The molecule has 0 radical (unpaired) electrons. The van der Waals surface area contributed by atoms with Gasteiger partial charge in [0.05, 0.1) is 18.5 Å². The van der Waals surface area contributed by atoms with Crippen LogP contribution in [0, 0.1) is 0 Å². The van der Waals surface area contributed by atoms with E-state index in [1.54, 1.807) is 0 Å². The third-order valence-corrected chi connectivity index (χ3v) is 4.75. The van der Waals surface area contributed by atoms with Gasteiger partial charge in [-0.2, -0.15) is 0 Å². The molecule has 0 bridgehead atoms. The first-order chi connectivity index (χ1) is 9.53. The van der Waals surface area contributed by atoms with E-state index in [0.717, 1.165) is 39.0 Å². The Morgan fingerprint density at radius 3 is 2.80 bits per heavy atom. The van der Waals surface area contributed by atoms with Gasteiger partial charge in [-0.3, -0.25) is 0 Å². The van der Waals surface area contributed by atoms with Gasteiger partial charge in [0, 0.05) is 19.6 Å². The summed E-state index contributed by atoms with van der Waals surface area (Å²) in [5.41, 5.74) is 0. The Bertz CT molecular complexity index is 349. The molecule has 0 aromatic carbocycles. The van der Waals surface area contributed by atoms with Crippen LogP contribution in [0.15, 0.2) is 0 Å². The Morgan fingerprint density at radius 1 is 1.30 bits per heavy atom. The molecule has 1 unspecified atom stereocenters. The van der Waals surface area contributed by atoms with Gasteiger partial charge in [0.25, 0.3) is 0 Å². The summed E-state index contributed by atoms with van der Waals surface area (Å²) < 4.78 is 31.9. The van der Waals surface area contributed by atoms with E-state index in [1.807, 2.05) is 7.05 Å². The SMILES string of the molecule is CCCNCCCCS(=O)(=O)NCC1CN(C)CCO1. The van der Waals surface area contributed by atoms with Crippen molar-refractivity contribution >= 4 is 10.0 Å². The highest BCUT2D eigenvalue weighted by atomic mass is 32.2. The average Bonchev–Trinajstić information content (AvgIpc) is 2.41. The average molecular weight is 307 g/mol. The van der Waals surface area contributed by atoms with Gasteiger partial charge in [0.2, 0.25) is 10.0 Å². The van der Waals surface area contributed by atoms with Crippen LogP contribution in [0.3, 0.4) is 0 Å². The van der Waals surface area contributed by atoms with Crippen molar-refractivity contribution in [3.8, 4) is 0 Å². The van der Waals surface area contributed by atoms with Crippen molar-refractivity contribution in [1.29, 1.82) is 0 Å². The van der Waals surface area contributed by atoms with Crippen molar-refractivity contribution in [2.24, 2.45) is 0 Å². The maximum absolute atomic E-state index is 11.8. The molecule has 2 N–H and O–H groups in total. The third kappa shape index (κ3) is 8.16. The number of sulfonamides is 1. The summed E-state index contributed by atoms with van der Waals surface area (Å²) in [6.45, 7) is 6.74. The van der Waals surface area contributed by atoms with E-state index in [9.17, 15) is 8.42 Å². The molecule has 0 saturated carbocycles. The van der Waals surface area contributed by atoms with Crippen LogP contribution < -0.4 is 10.0 Å². The third-order valence-electron chi connectivity index (χ3n) is 3.32. The highest BCUT2D eigenvalue weighted by molar-refractivity contribution is 7.89. The van der Waals surface area contributed by atoms with Crippen LogP contribution in [-0.2, 0) is 14.8 Å². The fraction of sp³-hybridized carbons (Fsp3) is 1.00. The molecule has 6 nitrogen and oxygen atoms in total. The number of unbranched alkanes of at least 4 members (excludes halogenated alkanes) is 1. The van der Waals surface area contributed by atoms with E-state index in [1.165, 1.54) is 0 Å². The Balaban J connectivity index is 2.11. The number of nitrogens with one attached hydrogen (secondary N) is 2. The topological polar surface area (TPSA) is 70.7 Å². The molecule has 7 heteroatoms. The number of nitrogens with zero attached hydrogens (tertiary/aromatic N) is 1. The molecule has 1 heterocycles. The largest absolute Gasteiger partial charge is 0.374 e. The summed E-state index contributed by atoms with van der Waals surface area (Å²) in [4.78, 5) is 2.15. The second kappa shape index (κ2) is 9.68. The number of rotatable bonds is 10. The summed E-state index contributed by atoms with van der Waals surface area (Å²) in [5, 5.41) is 3.27. The Morgan fingerprint density at radius 2 is 2.10 bits per heavy atom. The van der Waals surface area contributed by atoms with Gasteiger partial charge in [-0.15, -0.1) is 0 Å². The van der Waals surface area contributed by atoms with Crippen molar-refractivity contribution in [3.05, 3.63) is 0 Å². The summed E-state index contributed by atoms with van der Waals surface area (Å²) in [7, 11) is -1.15. The van der Waals surface area contributed by atoms with E-state index in [0.29, 0.717) is 19.6 Å². The number of hydrogen-bond acceptors (Lipinski definition) is 5. The van der Waals surface area contributed by atoms with Gasteiger partial charge in [0.15, 0.2) is 0 Å². The molecule has 120 valence electrons. The second-order valence-corrected chi connectivity index (χ2v) is 7.31. The molecule has 1 aliphatic rings. The summed E-state index contributed by atoms with van der Waals surface area (Å²) in [6.07, 6.45) is 2.66. The zero-order valence-corrected chi connectivity index (χ0v) is 13.5. The zero-order chi connectivity index (χ0) is 14.8. The quantitative estimate of drug-likeness (QED) is 0.557. The molecule has 1 atom stereocenters. The lowest BCUT2D eigenvalue weighted by Crippen LogP contribution is -2.46. The molecular weight excluding hydrogens is 278 g/mol. The molecule has 20 heavy (non-hydrogen) atoms. The maximum atomic E-state index is 11.8. The van der Waals surface area contributed by atoms with Crippen molar-refractivity contribution in [3.63, 3.8) is 0 Å². The van der Waals surface area contributed by atoms with Crippen LogP contribution in [-0.4, -0.2) is 71.6 Å². The monoisotopic (exact) mass is 307 g/mol. The van der Waals surface area contributed by atoms with Crippen molar-refractivity contribution in [2.75, 3.05) is 52.1 Å². The predicted octanol–water partition coefficient (Wildman–Crippen LogP) is 0.0162. The maximum Gasteiger partial charge on any atom is 0.211 e. The lowest BCUT2D eigenvalue weighted by Gasteiger charge is -2.30. The summed E-state index contributed by atoms with van der Waals surface area (Å²) in [5.74, 6) is 0.198. The van der Waals surface area contributed by atoms with Crippen LogP contribution in [0.25, 0.3) is 0 Å². The molecule has 0 aliphatic carbocycles. The minimum Gasteiger partial charge on any atom is -0.374 e. The molecule has 0 aromatic heterocycles. The van der Waals surface area contributed by atoms with E-state index >= 15 is 0 Å². The smallest absolute Gasteiger partial charge is 0.211 e. The molecule has 1 rings (SSSR count). The van der Waals surface area contributed by atoms with E-state index in [-0.39, 0.29) is 11.9 Å². The number of likely N-dealkylation sites (N-methyl/N-ethyl adjacent to an activating group) is 1. The van der Waals surface area contributed by atoms with Gasteiger partial charge in [0.1, 0.15) is 0 Å². The fourth-order valence-corrected chi connectivity index (χ4v) is 3.29. The van der Waals surface area contributed by atoms with Crippen LogP contribution in [0.4, 0.5) is 0 Å². The highest BCUT2D eigenvalue weighted by Gasteiger charge is 2.19. The predicted molar refractivity (Wildman–Crippen MR) is 81.4 cm³/mol. The van der Waals surface area contributed by atoms with Crippen LogP contribution in [0.2, 0.25) is 0 Å². The normalized spacial score (nSPS) is 21.2. The molecule has 0 aromatic rings. The lowest BCUT2D eigenvalue weighted by molar-refractivity contribution is -0.0156. The minimum atomic E-state index is -3.17. The van der Waals surface area contributed by atoms with Gasteiger partial charge in [-0.1, -0.05) is 6.92 Å². The van der Waals surface area contributed by atoms with Gasteiger partial charge >= 0.3 is 0 Å². The van der Waals surface area contributed by atoms with Crippen molar-refractivity contribution < 1.29 is 13.2 Å². The van der Waals surface area contributed by atoms with E-state index < -0.39 is 10.0 Å². The number of hydrogen-bond donors (Lipinski definition) is 2. The Kier molecular flexibility index (Phi) is 8.63. The first-order valence-electron chi connectivity index (χ1n) is 7.51. The Hall–Kier alpha value is -0.210. The summed E-state index contributed by atoms with van der Waals surface area (Å²) in [6, 6.07) is 0. The molecule has 1 aliphatic heterocycles. The number of ether oxygens (including phenoxy) is 1. The molecule has 0 spiro atoms. The first kappa shape index (κ1) is 17.8. The Labute approximate surface area is 123 Å². The molecular formula is C13H29N3O3S. The first-order valence-corrected chi connectivity index (χ1v) is 9.17. The standard InChI is InChI=1S/C13H29N3O3S/c1-3-6-14-7-4-5-10-20(17,18)15-11-13-12-16(2)8-9-19-13/h13-15H,3-12H2,1-2H3. The minimum absolute atomic E-state index is 0.0326. The molecule has 1 fully saturated rings. The highest BCUT2D eigenvalue weighted by Crippen LogP contribution is 2.02. The van der Waals surface area contributed by atoms with Gasteiger partial charge in [-0.05, 0) is 39.4 Å². The van der Waals surface area contributed by atoms with E-state index in [2.05, 4.69) is 21.9 Å². The van der Waals surface area contributed by atoms with Gasteiger partial charge < -0.3 is 15.0 Å². The molecule has 1 saturated heterocycles. The zero-order valence-electron chi connectivity index (χ0n) is 12.7.